The molecule has 23 heavy (non-hydrogen) atoms. The van der Waals surface area contributed by atoms with Gasteiger partial charge in [-0.15, -0.1) is 11.3 Å². The lowest BCUT2D eigenvalue weighted by Gasteiger charge is -2.25. The molecule has 1 saturated heterocycles. The minimum atomic E-state index is -0.0131. The van der Waals surface area contributed by atoms with Crippen LogP contribution in [0.25, 0.3) is 0 Å². The number of hydrogen-bond donors (Lipinski definition) is 0. The van der Waals surface area contributed by atoms with Crippen molar-refractivity contribution in [2.24, 2.45) is 0 Å². The minimum Gasteiger partial charge on any atom is -0.376 e. The smallest absolute Gasteiger partial charge is 0.273 e. The summed E-state index contributed by atoms with van der Waals surface area (Å²) in [5.41, 5.74) is 1.66. The maximum absolute atomic E-state index is 12.9. The molecule has 2 aromatic rings. The largest absolute Gasteiger partial charge is 0.376 e. The van der Waals surface area contributed by atoms with Gasteiger partial charge in [0.25, 0.3) is 5.91 Å². The molecular weight excluding hydrogens is 328 g/mol. The van der Waals surface area contributed by atoms with Gasteiger partial charge in [-0.2, -0.15) is 0 Å². The fourth-order valence-corrected chi connectivity index (χ4v) is 3.90. The first-order valence-corrected chi connectivity index (χ1v) is 9.81. The Kier molecular flexibility index (Phi) is 5.70. The highest BCUT2D eigenvalue weighted by Gasteiger charge is 2.25. The summed E-state index contributed by atoms with van der Waals surface area (Å²) in [4.78, 5) is 19.2. The summed E-state index contributed by atoms with van der Waals surface area (Å²) in [7, 11) is 0. The van der Waals surface area contributed by atoms with Gasteiger partial charge in [-0.3, -0.25) is 4.79 Å². The van der Waals surface area contributed by atoms with Crippen LogP contribution in [0.5, 0.6) is 0 Å². The molecule has 0 saturated carbocycles. The number of thioether (sulfide) groups is 1. The van der Waals surface area contributed by atoms with Crippen molar-refractivity contribution in [1.29, 1.82) is 0 Å². The van der Waals surface area contributed by atoms with E-state index in [9.17, 15) is 4.79 Å². The van der Waals surface area contributed by atoms with Crippen molar-refractivity contribution in [2.75, 3.05) is 19.4 Å². The second-order valence-electron chi connectivity index (χ2n) is 5.51. The molecule has 1 aromatic carbocycles. The van der Waals surface area contributed by atoms with Crippen molar-refractivity contribution in [2.45, 2.75) is 29.8 Å². The van der Waals surface area contributed by atoms with Crippen LogP contribution in [0.15, 0.2) is 40.1 Å². The molecule has 1 aromatic heterocycles. The zero-order chi connectivity index (χ0) is 16.1. The Balaban J connectivity index is 1.76. The van der Waals surface area contributed by atoms with E-state index in [0.29, 0.717) is 18.8 Å². The van der Waals surface area contributed by atoms with Crippen molar-refractivity contribution < 1.29 is 9.53 Å². The Morgan fingerprint density at radius 3 is 2.91 bits per heavy atom. The Labute approximate surface area is 144 Å². The molecule has 1 amide bonds. The summed E-state index contributed by atoms with van der Waals surface area (Å²) in [6.45, 7) is 2.01. The van der Waals surface area contributed by atoms with Gasteiger partial charge in [-0.1, -0.05) is 42.1 Å². The van der Waals surface area contributed by atoms with Crippen LogP contribution in [0, 0.1) is 0 Å². The first kappa shape index (κ1) is 16.5. The highest BCUT2D eigenvalue weighted by molar-refractivity contribution is 8.00. The molecule has 0 N–H and O–H groups in total. The zero-order valence-corrected chi connectivity index (χ0v) is 14.7. The van der Waals surface area contributed by atoms with Crippen LogP contribution >= 0.6 is 23.1 Å². The van der Waals surface area contributed by atoms with E-state index in [0.717, 1.165) is 29.4 Å². The topological polar surface area (TPSA) is 42.4 Å². The molecule has 1 aliphatic rings. The van der Waals surface area contributed by atoms with E-state index >= 15 is 0 Å². The fraction of sp³-hybridized carbons (Fsp3) is 0.412. The van der Waals surface area contributed by atoms with Crippen LogP contribution in [0.1, 0.15) is 28.9 Å². The lowest BCUT2D eigenvalue weighted by atomic mass is 10.1. The van der Waals surface area contributed by atoms with Crippen LogP contribution < -0.4 is 0 Å². The minimum absolute atomic E-state index is 0.0131. The van der Waals surface area contributed by atoms with Gasteiger partial charge in [0.2, 0.25) is 0 Å². The molecule has 0 bridgehead atoms. The predicted molar refractivity (Wildman–Crippen MR) is 94.1 cm³/mol. The van der Waals surface area contributed by atoms with Crippen molar-refractivity contribution >= 4 is 29.0 Å². The highest BCUT2D eigenvalue weighted by atomic mass is 32.2. The van der Waals surface area contributed by atoms with E-state index < -0.39 is 0 Å². The van der Waals surface area contributed by atoms with Gasteiger partial charge in [0.15, 0.2) is 0 Å². The summed E-state index contributed by atoms with van der Waals surface area (Å²) in [6, 6.07) is 10.1. The lowest BCUT2D eigenvalue weighted by molar-refractivity contribution is 0.0503. The summed E-state index contributed by atoms with van der Waals surface area (Å²) in [5.74, 6) is -0.0131. The van der Waals surface area contributed by atoms with Gasteiger partial charge in [0.1, 0.15) is 10.0 Å². The first-order valence-electron chi connectivity index (χ1n) is 7.70. The van der Waals surface area contributed by atoms with Crippen molar-refractivity contribution in [3.8, 4) is 0 Å². The average Bonchev–Trinajstić information content (AvgIpc) is 3.26. The zero-order valence-electron chi connectivity index (χ0n) is 13.1. The fourth-order valence-electron chi connectivity index (χ4n) is 2.67. The molecular formula is C17H20N2O2S2. The van der Waals surface area contributed by atoms with Crippen LogP contribution in [-0.4, -0.2) is 41.3 Å². The summed E-state index contributed by atoms with van der Waals surface area (Å²) in [5, 5.41) is 1.85. The number of thiazole rings is 1. The number of carbonyl (C=O) groups excluding carboxylic acids is 1. The third-order valence-corrected chi connectivity index (χ3v) is 5.69. The molecule has 0 spiro atoms. The molecule has 0 aliphatic carbocycles. The van der Waals surface area contributed by atoms with Crippen molar-refractivity contribution in [1.82, 2.24) is 9.88 Å². The molecule has 0 unspecified atom stereocenters. The molecule has 6 heteroatoms. The normalized spacial score (nSPS) is 17.3. The molecule has 122 valence electrons. The molecule has 2 heterocycles. The van der Waals surface area contributed by atoms with Crippen LogP contribution in [0.2, 0.25) is 0 Å². The van der Waals surface area contributed by atoms with Gasteiger partial charge >= 0.3 is 0 Å². The summed E-state index contributed by atoms with van der Waals surface area (Å²) in [6.07, 6.45) is 4.21. The molecule has 1 aliphatic heterocycles. The first-order chi connectivity index (χ1) is 11.3. The maximum Gasteiger partial charge on any atom is 0.273 e. The van der Waals surface area contributed by atoms with Gasteiger partial charge in [0.05, 0.1) is 6.10 Å². The Morgan fingerprint density at radius 2 is 2.26 bits per heavy atom. The van der Waals surface area contributed by atoms with E-state index in [4.69, 9.17) is 4.74 Å². The SMILES string of the molecule is CSc1nc(C(=O)N(Cc2ccccc2)C[C@H]2CCCO2)cs1. The summed E-state index contributed by atoms with van der Waals surface area (Å²) >= 11 is 3.09. The number of ether oxygens (including phenoxy) is 1. The van der Waals surface area contributed by atoms with Gasteiger partial charge < -0.3 is 9.64 Å². The van der Waals surface area contributed by atoms with Crippen LogP contribution in [0.3, 0.4) is 0 Å². The van der Waals surface area contributed by atoms with Crippen molar-refractivity contribution in [3.05, 3.63) is 47.0 Å². The standard InChI is InChI=1S/C17H20N2O2S2/c1-22-17-18-15(12-23-17)16(20)19(11-14-8-5-9-21-14)10-13-6-3-2-4-7-13/h2-4,6-7,12,14H,5,8-11H2,1H3/t14-/m1/s1. The molecule has 3 rings (SSSR count). The van der Waals surface area contributed by atoms with Crippen LogP contribution in [-0.2, 0) is 11.3 Å². The second kappa shape index (κ2) is 7.95. The number of carbonyl (C=O) groups is 1. The van der Waals surface area contributed by atoms with Crippen molar-refractivity contribution in [3.63, 3.8) is 0 Å². The molecule has 1 atom stereocenters. The second-order valence-corrected chi connectivity index (χ2v) is 7.42. The monoisotopic (exact) mass is 348 g/mol. The Morgan fingerprint density at radius 1 is 1.43 bits per heavy atom. The Bertz CT molecular complexity index is 639. The van der Waals surface area contributed by atoms with Gasteiger partial charge in [0, 0.05) is 25.1 Å². The Hall–Kier alpha value is -1.37. The predicted octanol–water partition coefficient (Wildman–Crippen LogP) is 3.69. The third-order valence-electron chi connectivity index (χ3n) is 3.83. The highest BCUT2D eigenvalue weighted by Crippen LogP contribution is 2.22. The van der Waals surface area contributed by atoms with Gasteiger partial charge in [-0.25, -0.2) is 4.98 Å². The number of hydrogen-bond acceptors (Lipinski definition) is 5. The lowest BCUT2D eigenvalue weighted by Crippen LogP contribution is -2.37. The van der Waals surface area contributed by atoms with E-state index in [2.05, 4.69) is 4.98 Å². The number of benzene rings is 1. The van der Waals surface area contributed by atoms with E-state index in [1.807, 2.05) is 46.9 Å². The van der Waals surface area contributed by atoms with E-state index in [-0.39, 0.29) is 12.0 Å². The van der Waals surface area contributed by atoms with Gasteiger partial charge in [-0.05, 0) is 24.7 Å². The van der Waals surface area contributed by atoms with E-state index in [1.165, 1.54) is 11.3 Å². The quantitative estimate of drug-likeness (QED) is 0.747. The third kappa shape index (κ3) is 4.34. The molecule has 1 fully saturated rings. The van der Waals surface area contributed by atoms with E-state index in [1.54, 1.807) is 11.8 Å². The molecule has 0 radical (unpaired) electrons. The number of nitrogens with zero attached hydrogens (tertiary/aromatic N) is 2. The number of amides is 1. The summed E-state index contributed by atoms with van der Waals surface area (Å²) < 4.78 is 6.64. The molecule has 4 nitrogen and oxygen atoms in total. The maximum atomic E-state index is 12.9. The number of aromatic nitrogens is 1. The van der Waals surface area contributed by atoms with Crippen LogP contribution in [0.4, 0.5) is 0 Å². The average molecular weight is 348 g/mol. The number of rotatable bonds is 6.